The van der Waals surface area contributed by atoms with Crippen molar-refractivity contribution in [2.45, 2.75) is 20.3 Å². The molecule has 2 rings (SSSR count). The molecule has 19 heavy (non-hydrogen) atoms. The zero-order valence-electron chi connectivity index (χ0n) is 12.4. The van der Waals surface area contributed by atoms with E-state index in [1.54, 1.807) is 0 Å². The number of likely N-dealkylation sites (tertiary alicyclic amines) is 1. The van der Waals surface area contributed by atoms with E-state index in [2.05, 4.69) is 13.8 Å². The normalized spacial score (nSPS) is 23.3. The van der Waals surface area contributed by atoms with Gasteiger partial charge in [-0.3, -0.25) is 4.79 Å². The van der Waals surface area contributed by atoms with Gasteiger partial charge in [-0.15, -0.1) is 0 Å². The first-order valence-electron chi connectivity index (χ1n) is 7.04. The lowest BCUT2D eigenvalue weighted by molar-refractivity contribution is 0.0623. The largest absolute Gasteiger partial charge is 0.378 e. The number of benzene rings is 1. The Morgan fingerprint density at radius 3 is 2.11 bits per heavy atom. The summed E-state index contributed by atoms with van der Waals surface area (Å²) in [5.41, 5.74) is 1.92. The van der Waals surface area contributed by atoms with Crippen molar-refractivity contribution in [1.29, 1.82) is 0 Å². The van der Waals surface area contributed by atoms with Crippen LogP contribution in [0.4, 0.5) is 5.69 Å². The molecule has 1 heterocycles. The van der Waals surface area contributed by atoms with Crippen molar-refractivity contribution >= 4 is 11.6 Å². The van der Waals surface area contributed by atoms with Gasteiger partial charge in [-0.1, -0.05) is 13.8 Å². The van der Waals surface area contributed by atoms with Gasteiger partial charge in [0.1, 0.15) is 0 Å². The van der Waals surface area contributed by atoms with Crippen LogP contribution in [0, 0.1) is 11.8 Å². The first-order valence-corrected chi connectivity index (χ1v) is 7.04. The lowest BCUT2D eigenvalue weighted by Crippen LogP contribution is -2.42. The maximum Gasteiger partial charge on any atom is 0.253 e. The first-order chi connectivity index (χ1) is 8.97. The molecule has 1 amide bonds. The average molecular weight is 260 g/mol. The Morgan fingerprint density at radius 1 is 1.11 bits per heavy atom. The third-order valence-electron chi connectivity index (χ3n) is 3.79. The van der Waals surface area contributed by atoms with Crippen LogP contribution in [0.1, 0.15) is 30.6 Å². The van der Waals surface area contributed by atoms with Crippen molar-refractivity contribution in [2.75, 3.05) is 32.1 Å². The molecule has 1 aromatic rings. The van der Waals surface area contributed by atoms with Crippen LogP contribution >= 0.6 is 0 Å². The molecule has 1 aliphatic rings. The molecule has 0 bridgehead atoms. The highest BCUT2D eigenvalue weighted by Gasteiger charge is 2.25. The van der Waals surface area contributed by atoms with Gasteiger partial charge in [-0.25, -0.2) is 0 Å². The summed E-state index contributed by atoms with van der Waals surface area (Å²) in [5.74, 6) is 1.38. The highest BCUT2D eigenvalue weighted by Crippen LogP contribution is 2.23. The molecule has 1 fully saturated rings. The fraction of sp³-hybridized carbons (Fsp3) is 0.562. The summed E-state index contributed by atoms with van der Waals surface area (Å²) >= 11 is 0. The third-order valence-corrected chi connectivity index (χ3v) is 3.79. The SMILES string of the molecule is CC1CC(C)CN(C(=O)c2ccc(N(C)C)cc2)C1. The van der Waals surface area contributed by atoms with E-state index in [1.807, 2.05) is 48.2 Å². The van der Waals surface area contributed by atoms with E-state index in [4.69, 9.17) is 0 Å². The van der Waals surface area contributed by atoms with E-state index in [1.165, 1.54) is 6.42 Å². The molecule has 0 radical (unpaired) electrons. The molecule has 0 saturated carbocycles. The van der Waals surface area contributed by atoms with Crippen LogP contribution in [0.15, 0.2) is 24.3 Å². The summed E-state index contributed by atoms with van der Waals surface area (Å²) in [6.07, 6.45) is 1.23. The van der Waals surface area contributed by atoms with Crippen LogP contribution in [-0.2, 0) is 0 Å². The van der Waals surface area contributed by atoms with Crippen molar-refractivity contribution in [2.24, 2.45) is 11.8 Å². The molecule has 2 atom stereocenters. The highest BCUT2D eigenvalue weighted by atomic mass is 16.2. The molecule has 104 valence electrons. The first kappa shape index (κ1) is 13.9. The number of carbonyl (C=O) groups excluding carboxylic acids is 1. The molecule has 1 aliphatic heterocycles. The van der Waals surface area contributed by atoms with Gasteiger partial charge in [0.15, 0.2) is 0 Å². The zero-order chi connectivity index (χ0) is 14.0. The lowest BCUT2D eigenvalue weighted by atomic mass is 9.91. The minimum absolute atomic E-state index is 0.170. The van der Waals surface area contributed by atoms with Crippen LogP contribution in [0.5, 0.6) is 0 Å². The Balaban J connectivity index is 2.10. The van der Waals surface area contributed by atoms with Gasteiger partial charge in [0.25, 0.3) is 5.91 Å². The van der Waals surface area contributed by atoms with Gasteiger partial charge in [-0.05, 0) is 42.5 Å². The molecule has 0 spiro atoms. The Hall–Kier alpha value is -1.51. The smallest absolute Gasteiger partial charge is 0.253 e. The molecule has 2 unspecified atom stereocenters. The van der Waals surface area contributed by atoms with E-state index in [0.717, 1.165) is 24.3 Å². The predicted octanol–water partition coefficient (Wildman–Crippen LogP) is 2.87. The summed E-state index contributed by atoms with van der Waals surface area (Å²) in [5, 5.41) is 0. The Morgan fingerprint density at radius 2 is 1.63 bits per heavy atom. The number of rotatable bonds is 2. The number of amides is 1. The summed E-state index contributed by atoms with van der Waals surface area (Å²) in [7, 11) is 4.01. The Bertz CT molecular complexity index is 429. The fourth-order valence-electron chi connectivity index (χ4n) is 2.91. The number of hydrogen-bond acceptors (Lipinski definition) is 2. The second kappa shape index (κ2) is 5.64. The third kappa shape index (κ3) is 3.28. The van der Waals surface area contributed by atoms with E-state index in [-0.39, 0.29) is 5.91 Å². The number of anilines is 1. The number of nitrogens with zero attached hydrogens (tertiary/aromatic N) is 2. The molecular weight excluding hydrogens is 236 g/mol. The standard InChI is InChI=1S/C16H24N2O/c1-12-9-13(2)11-18(10-12)16(19)14-5-7-15(8-6-14)17(3)4/h5-8,12-13H,9-11H2,1-4H3. The maximum atomic E-state index is 12.5. The molecule has 1 aromatic carbocycles. The van der Waals surface area contributed by atoms with Gasteiger partial charge in [-0.2, -0.15) is 0 Å². The van der Waals surface area contributed by atoms with Crippen molar-refractivity contribution < 1.29 is 4.79 Å². The minimum atomic E-state index is 0.170. The van der Waals surface area contributed by atoms with Crippen LogP contribution in [0.2, 0.25) is 0 Å². The quantitative estimate of drug-likeness (QED) is 0.816. The molecule has 3 heteroatoms. The second-order valence-corrected chi connectivity index (χ2v) is 6.10. The summed E-state index contributed by atoms with van der Waals surface area (Å²) in [4.78, 5) is 16.5. The fourth-order valence-corrected chi connectivity index (χ4v) is 2.91. The monoisotopic (exact) mass is 260 g/mol. The van der Waals surface area contributed by atoms with Gasteiger partial charge < -0.3 is 9.80 Å². The van der Waals surface area contributed by atoms with E-state index < -0.39 is 0 Å². The summed E-state index contributed by atoms with van der Waals surface area (Å²) in [6.45, 7) is 6.23. The second-order valence-electron chi connectivity index (χ2n) is 6.10. The van der Waals surface area contributed by atoms with Crippen LogP contribution in [0.3, 0.4) is 0 Å². The molecule has 3 nitrogen and oxygen atoms in total. The van der Waals surface area contributed by atoms with Crippen molar-refractivity contribution in [1.82, 2.24) is 4.90 Å². The van der Waals surface area contributed by atoms with Gasteiger partial charge in [0, 0.05) is 38.4 Å². The zero-order valence-corrected chi connectivity index (χ0v) is 12.4. The van der Waals surface area contributed by atoms with E-state index in [9.17, 15) is 4.79 Å². The van der Waals surface area contributed by atoms with Gasteiger partial charge >= 0.3 is 0 Å². The summed E-state index contributed by atoms with van der Waals surface area (Å²) in [6, 6.07) is 7.87. The van der Waals surface area contributed by atoms with Crippen molar-refractivity contribution in [3.05, 3.63) is 29.8 Å². The van der Waals surface area contributed by atoms with Crippen LogP contribution in [-0.4, -0.2) is 38.0 Å². The molecule has 1 saturated heterocycles. The maximum absolute atomic E-state index is 12.5. The number of hydrogen-bond donors (Lipinski definition) is 0. The Labute approximate surface area is 116 Å². The summed E-state index contributed by atoms with van der Waals surface area (Å²) < 4.78 is 0. The average Bonchev–Trinajstić information content (AvgIpc) is 2.37. The number of carbonyl (C=O) groups is 1. The highest BCUT2D eigenvalue weighted by molar-refractivity contribution is 5.94. The lowest BCUT2D eigenvalue weighted by Gasteiger charge is -2.35. The van der Waals surface area contributed by atoms with Gasteiger partial charge in [0.05, 0.1) is 0 Å². The van der Waals surface area contributed by atoms with Gasteiger partial charge in [0.2, 0.25) is 0 Å². The van der Waals surface area contributed by atoms with Crippen LogP contribution in [0.25, 0.3) is 0 Å². The number of piperidine rings is 1. The molecular formula is C16H24N2O. The van der Waals surface area contributed by atoms with E-state index in [0.29, 0.717) is 11.8 Å². The topological polar surface area (TPSA) is 23.6 Å². The van der Waals surface area contributed by atoms with Crippen molar-refractivity contribution in [3.63, 3.8) is 0 Å². The van der Waals surface area contributed by atoms with Crippen molar-refractivity contribution in [3.8, 4) is 0 Å². The molecule has 0 aliphatic carbocycles. The van der Waals surface area contributed by atoms with E-state index >= 15 is 0 Å². The molecule has 0 N–H and O–H groups in total. The van der Waals surface area contributed by atoms with Crippen LogP contribution < -0.4 is 4.90 Å². The Kier molecular flexibility index (Phi) is 4.13. The predicted molar refractivity (Wildman–Crippen MR) is 79.6 cm³/mol. The molecule has 0 aromatic heterocycles. The minimum Gasteiger partial charge on any atom is -0.378 e.